The summed E-state index contributed by atoms with van der Waals surface area (Å²) in [6, 6.07) is 9.66. The van der Waals surface area contributed by atoms with E-state index in [1.54, 1.807) is 28.4 Å². The van der Waals surface area contributed by atoms with Crippen molar-refractivity contribution in [2.24, 2.45) is 7.05 Å². The molecule has 0 aliphatic rings. The Morgan fingerprint density at radius 3 is 2.74 bits per heavy atom. The van der Waals surface area contributed by atoms with Gasteiger partial charge in [-0.3, -0.25) is 14.5 Å². The van der Waals surface area contributed by atoms with Crippen LogP contribution in [0, 0.1) is 6.92 Å². The molecule has 0 aliphatic carbocycles. The number of aromatic nitrogens is 5. The number of nitrogens with one attached hydrogen (secondary N) is 1. The van der Waals surface area contributed by atoms with Crippen LogP contribution in [0.4, 0.5) is 0 Å². The monoisotopic (exact) mass is 446 g/mol. The first-order valence-electron chi connectivity index (χ1n) is 9.61. The third-order valence-corrected chi connectivity index (χ3v) is 6.66. The van der Waals surface area contributed by atoms with Crippen molar-refractivity contribution in [3.05, 3.63) is 69.8 Å². The number of amides is 1. The molecule has 0 atom stereocenters. The fourth-order valence-corrected chi connectivity index (χ4v) is 4.90. The Balaban J connectivity index is 1.44. The zero-order valence-electron chi connectivity index (χ0n) is 16.9. The number of rotatable bonds is 5. The summed E-state index contributed by atoms with van der Waals surface area (Å²) in [5.74, 6) is -0.165. The van der Waals surface area contributed by atoms with E-state index in [0.717, 1.165) is 37.9 Å². The predicted octanol–water partition coefficient (Wildman–Crippen LogP) is 4.45. The topological polar surface area (TPSA) is 85.6 Å². The molecule has 5 heterocycles. The smallest absolute Gasteiger partial charge is 0.252 e. The molecule has 0 fully saturated rings. The van der Waals surface area contributed by atoms with E-state index in [-0.39, 0.29) is 5.91 Å². The van der Waals surface area contributed by atoms with Gasteiger partial charge in [0.25, 0.3) is 5.91 Å². The standard InChI is InChI=1S/C22H18N6OS2/c1-13-20-15(10-16(18-4-3-9-30-18)26-21(20)28(2)27-13)22(29)24-11-19-25-17(12-31-19)14-5-7-23-8-6-14/h3-10,12H,11H2,1-2H3,(H,24,29). The molecule has 31 heavy (non-hydrogen) atoms. The van der Waals surface area contributed by atoms with Crippen LogP contribution in [0.1, 0.15) is 21.1 Å². The molecule has 5 rings (SSSR count). The predicted molar refractivity (Wildman–Crippen MR) is 123 cm³/mol. The van der Waals surface area contributed by atoms with Gasteiger partial charge >= 0.3 is 0 Å². The number of pyridine rings is 2. The average molecular weight is 447 g/mol. The van der Waals surface area contributed by atoms with Crippen molar-refractivity contribution in [1.29, 1.82) is 0 Å². The van der Waals surface area contributed by atoms with Gasteiger partial charge in [0.1, 0.15) is 5.01 Å². The number of hydrogen-bond donors (Lipinski definition) is 1. The molecule has 5 aromatic rings. The van der Waals surface area contributed by atoms with Crippen molar-refractivity contribution in [2.75, 3.05) is 0 Å². The first kappa shape index (κ1) is 19.5. The largest absolute Gasteiger partial charge is 0.346 e. The lowest BCUT2D eigenvalue weighted by molar-refractivity contribution is 0.0952. The first-order valence-corrected chi connectivity index (χ1v) is 11.4. The van der Waals surface area contributed by atoms with Crippen molar-refractivity contribution < 1.29 is 4.79 Å². The average Bonchev–Trinajstić information content (AvgIpc) is 3.54. The second kappa shape index (κ2) is 8.01. The number of nitrogens with zero attached hydrogens (tertiary/aromatic N) is 5. The number of thiophene rings is 1. The maximum Gasteiger partial charge on any atom is 0.252 e. The van der Waals surface area contributed by atoms with Gasteiger partial charge in [-0.05, 0) is 36.6 Å². The van der Waals surface area contributed by atoms with Crippen molar-refractivity contribution in [1.82, 2.24) is 30.0 Å². The van der Waals surface area contributed by atoms with Gasteiger partial charge in [0.15, 0.2) is 5.65 Å². The van der Waals surface area contributed by atoms with E-state index >= 15 is 0 Å². The summed E-state index contributed by atoms with van der Waals surface area (Å²) in [6.45, 7) is 2.25. The Hall–Kier alpha value is -3.43. The van der Waals surface area contributed by atoms with Crippen LogP contribution >= 0.6 is 22.7 Å². The van der Waals surface area contributed by atoms with Gasteiger partial charge in [-0.15, -0.1) is 22.7 Å². The van der Waals surface area contributed by atoms with Gasteiger partial charge in [-0.25, -0.2) is 9.97 Å². The third kappa shape index (κ3) is 3.73. The fourth-order valence-electron chi connectivity index (χ4n) is 3.47. The zero-order chi connectivity index (χ0) is 21.4. The molecule has 1 amide bonds. The van der Waals surface area contributed by atoms with Gasteiger partial charge in [-0.1, -0.05) is 6.07 Å². The number of hydrogen-bond acceptors (Lipinski definition) is 7. The van der Waals surface area contributed by atoms with Crippen LogP contribution in [0.5, 0.6) is 0 Å². The summed E-state index contributed by atoms with van der Waals surface area (Å²) < 4.78 is 1.72. The van der Waals surface area contributed by atoms with Gasteiger partial charge in [0.05, 0.1) is 39.5 Å². The van der Waals surface area contributed by atoms with E-state index in [1.807, 2.05) is 55.1 Å². The van der Waals surface area contributed by atoms with Crippen LogP contribution in [-0.2, 0) is 13.6 Å². The van der Waals surface area contributed by atoms with Crippen LogP contribution in [0.2, 0.25) is 0 Å². The molecule has 0 aromatic carbocycles. The van der Waals surface area contributed by atoms with Crippen LogP contribution in [0.25, 0.3) is 32.9 Å². The lowest BCUT2D eigenvalue weighted by Gasteiger charge is -2.08. The van der Waals surface area contributed by atoms with Gasteiger partial charge < -0.3 is 5.32 Å². The second-order valence-electron chi connectivity index (χ2n) is 6.99. The fraction of sp³-hybridized carbons (Fsp3) is 0.136. The minimum Gasteiger partial charge on any atom is -0.346 e. The SMILES string of the molecule is Cc1nn(C)c2nc(-c3cccs3)cc(C(=O)NCc3nc(-c4ccncc4)cs3)c12. The maximum absolute atomic E-state index is 13.2. The zero-order valence-corrected chi connectivity index (χ0v) is 18.5. The Morgan fingerprint density at radius 2 is 1.97 bits per heavy atom. The van der Waals surface area contributed by atoms with E-state index in [2.05, 4.69) is 20.4 Å². The molecule has 0 radical (unpaired) electrons. The van der Waals surface area contributed by atoms with E-state index in [0.29, 0.717) is 17.8 Å². The van der Waals surface area contributed by atoms with Gasteiger partial charge in [0.2, 0.25) is 0 Å². The number of carbonyl (C=O) groups excluding carboxylic acids is 1. The van der Waals surface area contributed by atoms with E-state index < -0.39 is 0 Å². The summed E-state index contributed by atoms with van der Waals surface area (Å²) in [5, 5.41) is 13.1. The van der Waals surface area contributed by atoms with Crippen LogP contribution in [0.15, 0.2) is 53.5 Å². The summed E-state index contributed by atoms with van der Waals surface area (Å²) in [4.78, 5) is 27.6. The number of aryl methyl sites for hydroxylation is 2. The molecule has 0 bridgehead atoms. The van der Waals surface area contributed by atoms with Gasteiger partial charge in [0, 0.05) is 30.4 Å². The Bertz CT molecular complexity index is 1370. The molecule has 5 aromatic heterocycles. The molecule has 7 nitrogen and oxygen atoms in total. The number of fused-ring (bicyclic) bond motifs is 1. The lowest BCUT2D eigenvalue weighted by Crippen LogP contribution is -2.23. The second-order valence-corrected chi connectivity index (χ2v) is 8.88. The molecule has 0 saturated heterocycles. The van der Waals surface area contributed by atoms with E-state index in [4.69, 9.17) is 4.98 Å². The maximum atomic E-state index is 13.2. The number of carbonyl (C=O) groups is 1. The van der Waals surface area contributed by atoms with Crippen LogP contribution in [-0.4, -0.2) is 30.6 Å². The number of thiazole rings is 1. The molecule has 0 saturated carbocycles. The lowest BCUT2D eigenvalue weighted by atomic mass is 10.1. The van der Waals surface area contributed by atoms with E-state index in [1.165, 1.54) is 11.3 Å². The minimum atomic E-state index is -0.165. The van der Waals surface area contributed by atoms with E-state index in [9.17, 15) is 4.79 Å². The van der Waals surface area contributed by atoms with Crippen LogP contribution in [0.3, 0.4) is 0 Å². The van der Waals surface area contributed by atoms with Crippen LogP contribution < -0.4 is 5.32 Å². The highest BCUT2D eigenvalue weighted by atomic mass is 32.1. The van der Waals surface area contributed by atoms with Crippen molar-refractivity contribution in [3.8, 4) is 21.8 Å². The highest BCUT2D eigenvalue weighted by Crippen LogP contribution is 2.29. The quantitative estimate of drug-likeness (QED) is 0.431. The normalized spacial score (nSPS) is 11.2. The summed E-state index contributed by atoms with van der Waals surface area (Å²) in [7, 11) is 1.85. The highest BCUT2D eigenvalue weighted by molar-refractivity contribution is 7.13. The minimum absolute atomic E-state index is 0.165. The Labute approximate surface area is 186 Å². The summed E-state index contributed by atoms with van der Waals surface area (Å²) in [5.41, 5.74) is 4.71. The Kier molecular flexibility index (Phi) is 5.05. The van der Waals surface area contributed by atoms with Crippen molar-refractivity contribution >= 4 is 39.6 Å². The summed E-state index contributed by atoms with van der Waals surface area (Å²) in [6.07, 6.45) is 3.48. The molecule has 9 heteroatoms. The molecular weight excluding hydrogens is 428 g/mol. The van der Waals surface area contributed by atoms with Gasteiger partial charge in [-0.2, -0.15) is 5.10 Å². The molecular formula is C22H18N6OS2. The Morgan fingerprint density at radius 1 is 1.13 bits per heavy atom. The molecule has 0 spiro atoms. The van der Waals surface area contributed by atoms with Crippen molar-refractivity contribution in [2.45, 2.75) is 13.5 Å². The van der Waals surface area contributed by atoms with Crippen molar-refractivity contribution in [3.63, 3.8) is 0 Å². The summed E-state index contributed by atoms with van der Waals surface area (Å²) >= 11 is 3.11. The molecule has 154 valence electrons. The molecule has 0 aliphatic heterocycles. The molecule has 1 N–H and O–H groups in total. The highest BCUT2D eigenvalue weighted by Gasteiger charge is 2.20. The molecule has 0 unspecified atom stereocenters. The third-order valence-electron chi connectivity index (χ3n) is 4.91. The first-order chi connectivity index (χ1) is 15.1.